The third kappa shape index (κ3) is 2.48. The van der Waals surface area contributed by atoms with Gasteiger partial charge in [0.05, 0.1) is 15.5 Å². The number of amides is 1. The molecule has 0 radical (unpaired) electrons. The highest BCUT2D eigenvalue weighted by molar-refractivity contribution is 7.15. The van der Waals surface area contributed by atoms with Crippen molar-refractivity contribution in [1.29, 1.82) is 0 Å². The molecule has 0 aliphatic carbocycles. The molecule has 0 bridgehead atoms. The lowest BCUT2D eigenvalue weighted by atomic mass is 10.0. The van der Waals surface area contributed by atoms with Gasteiger partial charge in [-0.3, -0.25) is 14.9 Å². The summed E-state index contributed by atoms with van der Waals surface area (Å²) in [5.41, 5.74) is 7.73. The van der Waals surface area contributed by atoms with Gasteiger partial charge in [-0.2, -0.15) is 0 Å². The van der Waals surface area contributed by atoms with Crippen molar-refractivity contribution in [3.8, 4) is 11.1 Å². The molecule has 0 saturated carbocycles. The SMILES string of the molecule is CN(C)C(=O)c1c(-c2ccc([N+](=O)[O-])cc2)csc1N. The maximum atomic E-state index is 12.1. The molecule has 0 spiro atoms. The van der Waals surface area contributed by atoms with Crippen molar-refractivity contribution in [2.24, 2.45) is 0 Å². The van der Waals surface area contributed by atoms with Crippen LogP contribution in [0, 0.1) is 10.1 Å². The zero-order valence-corrected chi connectivity index (χ0v) is 11.8. The molecule has 2 N–H and O–H groups in total. The molecule has 20 heavy (non-hydrogen) atoms. The minimum absolute atomic E-state index is 0.0115. The molecule has 0 aliphatic heterocycles. The number of nitrogens with zero attached hydrogens (tertiary/aromatic N) is 2. The highest BCUT2D eigenvalue weighted by Crippen LogP contribution is 2.34. The minimum atomic E-state index is -0.461. The Morgan fingerprint density at radius 1 is 1.30 bits per heavy atom. The fourth-order valence-corrected chi connectivity index (χ4v) is 2.61. The molecule has 1 heterocycles. The highest BCUT2D eigenvalue weighted by Gasteiger charge is 2.20. The Bertz CT molecular complexity index is 662. The average molecular weight is 291 g/mol. The van der Waals surface area contributed by atoms with E-state index in [-0.39, 0.29) is 11.6 Å². The smallest absolute Gasteiger partial charge is 0.269 e. The first kappa shape index (κ1) is 14.0. The molecule has 2 aromatic rings. The fourth-order valence-electron chi connectivity index (χ4n) is 1.79. The Hall–Kier alpha value is -2.41. The minimum Gasteiger partial charge on any atom is -0.390 e. The molecular weight excluding hydrogens is 278 g/mol. The van der Waals surface area contributed by atoms with Crippen LogP contribution in [0.3, 0.4) is 0 Å². The number of nitro groups is 1. The number of thiophene rings is 1. The molecule has 1 amide bonds. The van der Waals surface area contributed by atoms with E-state index in [2.05, 4.69) is 0 Å². The van der Waals surface area contributed by atoms with Crippen LogP contribution in [0.15, 0.2) is 29.6 Å². The zero-order chi connectivity index (χ0) is 14.9. The number of nitro benzene ring substituents is 1. The van der Waals surface area contributed by atoms with Crippen LogP contribution in [0.5, 0.6) is 0 Å². The summed E-state index contributed by atoms with van der Waals surface area (Å²) >= 11 is 1.28. The van der Waals surface area contributed by atoms with Gasteiger partial charge < -0.3 is 10.6 Å². The number of nitrogen functional groups attached to an aromatic ring is 1. The Morgan fingerprint density at radius 2 is 1.90 bits per heavy atom. The monoisotopic (exact) mass is 291 g/mol. The molecule has 0 fully saturated rings. The van der Waals surface area contributed by atoms with Gasteiger partial charge in [0.25, 0.3) is 11.6 Å². The normalized spacial score (nSPS) is 10.3. The molecule has 6 nitrogen and oxygen atoms in total. The van der Waals surface area contributed by atoms with Crippen LogP contribution in [0.25, 0.3) is 11.1 Å². The van der Waals surface area contributed by atoms with Gasteiger partial charge in [0.1, 0.15) is 0 Å². The largest absolute Gasteiger partial charge is 0.390 e. The summed E-state index contributed by atoms with van der Waals surface area (Å²) in [6.45, 7) is 0. The van der Waals surface area contributed by atoms with Crippen molar-refractivity contribution >= 4 is 27.9 Å². The maximum Gasteiger partial charge on any atom is 0.269 e. The number of hydrogen-bond donors (Lipinski definition) is 1. The van der Waals surface area contributed by atoms with Gasteiger partial charge in [-0.25, -0.2) is 0 Å². The average Bonchev–Trinajstić information content (AvgIpc) is 2.79. The standard InChI is InChI=1S/C13H13N3O3S/c1-15(2)13(17)11-10(7-20-12(11)14)8-3-5-9(6-4-8)16(18)19/h3-7H,14H2,1-2H3. The van der Waals surface area contributed by atoms with Crippen molar-refractivity contribution in [3.05, 3.63) is 45.3 Å². The van der Waals surface area contributed by atoms with Crippen molar-refractivity contribution in [1.82, 2.24) is 4.90 Å². The molecule has 104 valence electrons. The number of anilines is 1. The Morgan fingerprint density at radius 3 is 2.40 bits per heavy atom. The van der Waals surface area contributed by atoms with Gasteiger partial charge in [-0.1, -0.05) is 0 Å². The van der Waals surface area contributed by atoms with E-state index in [1.165, 1.54) is 28.4 Å². The number of carbonyl (C=O) groups excluding carboxylic acids is 1. The Labute approximate surface area is 119 Å². The summed E-state index contributed by atoms with van der Waals surface area (Å²) in [4.78, 5) is 23.8. The number of nitrogens with two attached hydrogens (primary N) is 1. The van der Waals surface area contributed by atoms with Crippen LogP contribution in [0.4, 0.5) is 10.7 Å². The highest BCUT2D eigenvalue weighted by atomic mass is 32.1. The second-order valence-electron chi connectivity index (χ2n) is 4.39. The van der Waals surface area contributed by atoms with E-state index in [0.29, 0.717) is 16.1 Å². The van der Waals surface area contributed by atoms with E-state index in [1.807, 2.05) is 0 Å². The Kier molecular flexibility index (Phi) is 3.71. The van der Waals surface area contributed by atoms with E-state index in [0.717, 1.165) is 5.56 Å². The van der Waals surface area contributed by atoms with Gasteiger partial charge in [0, 0.05) is 37.2 Å². The molecule has 7 heteroatoms. The number of rotatable bonds is 3. The lowest BCUT2D eigenvalue weighted by molar-refractivity contribution is -0.384. The van der Waals surface area contributed by atoms with Crippen LogP contribution in [-0.2, 0) is 0 Å². The summed E-state index contributed by atoms with van der Waals surface area (Å²) in [6.07, 6.45) is 0. The molecule has 0 atom stereocenters. The van der Waals surface area contributed by atoms with Gasteiger partial charge in [-0.15, -0.1) is 11.3 Å². The van der Waals surface area contributed by atoms with Crippen LogP contribution in [0.1, 0.15) is 10.4 Å². The van der Waals surface area contributed by atoms with E-state index in [4.69, 9.17) is 5.73 Å². The molecule has 0 saturated heterocycles. The molecule has 1 aromatic carbocycles. The summed E-state index contributed by atoms with van der Waals surface area (Å²) in [6, 6.07) is 6.05. The van der Waals surface area contributed by atoms with Crippen molar-refractivity contribution < 1.29 is 9.72 Å². The third-order valence-corrected chi connectivity index (χ3v) is 3.64. The van der Waals surface area contributed by atoms with E-state index in [1.54, 1.807) is 31.6 Å². The van der Waals surface area contributed by atoms with Gasteiger partial charge in [0.15, 0.2) is 0 Å². The first-order chi connectivity index (χ1) is 9.41. The Balaban J connectivity index is 2.48. The fraction of sp³-hybridized carbons (Fsp3) is 0.154. The van der Waals surface area contributed by atoms with E-state index >= 15 is 0 Å². The van der Waals surface area contributed by atoms with Gasteiger partial charge in [-0.05, 0) is 17.7 Å². The van der Waals surface area contributed by atoms with E-state index in [9.17, 15) is 14.9 Å². The quantitative estimate of drug-likeness (QED) is 0.695. The summed E-state index contributed by atoms with van der Waals surface area (Å²) in [5.74, 6) is -0.183. The van der Waals surface area contributed by atoms with Gasteiger partial charge in [0.2, 0.25) is 0 Å². The third-order valence-electron chi connectivity index (χ3n) is 2.83. The number of non-ortho nitro benzene ring substituents is 1. The van der Waals surface area contributed by atoms with Crippen LogP contribution in [-0.4, -0.2) is 29.8 Å². The molecule has 0 unspecified atom stereocenters. The number of benzene rings is 1. The summed E-state index contributed by atoms with van der Waals surface area (Å²) in [7, 11) is 3.30. The number of carbonyl (C=O) groups is 1. The predicted octanol–water partition coefficient (Wildman–Crippen LogP) is 2.61. The van der Waals surface area contributed by atoms with Crippen LogP contribution < -0.4 is 5.73 Å². The first-order valence-corrected chi connectivity index (χ1v) is 6.63. The second kappa shape index (κ2) is 5.30. The summed E-state index contributed by atoms with van der Waals surface area (Å²) in [5, 5.41) is 12.9. The summed E-state index contributed by atoms with van der Waals surface area (Å²) < 4.78 is 0. The second-order valence-corrected chi connectivity index (χ2v) is 5.30. The predicted molar refractivity (Wildman–Crippen MR) is 78.8 cm³/mol. The lowest BCUT2D eigenvalue weighted by Crippen LogP contribution is -2.22. The van der Waals surface area contributed by atoms with Crippen molar-refractivity contribution in [2.45, 2.75) is 0 Å². The molecule has 2 rings (SSSR count). The first-order valence-electron chi connectivity index (χ1n) is 5.75. The van der Waals surface area contributed by atoms with Crippen molar-refractivity contribution in [2.75, 3.05) is 19.8 Å². The topological polar surface area (TPSA) is 89.5 Å². The zero-order valence-electron chi connectivity index (χ0n) is 11.0. The van der Waals surface area contributed by atoms with Crippen molar-refractivity contribution in [3.63, 3.8) is 0 Å². The van der Waals surface area contributed by atoms with E-state index < -0.39 is 4.92 Å². The maximum absolute atomic E-state index is 12.1. The van der Waals surface area contributed by atoms with Gasteiger partial charge >= 0.3 is 0 Å². The van der Waals surface area contributed by atoms with Crippen LogP contribution >= 0.6 is 11.3 Å². The molecule has 0 aliphatic rings. The van der Waals surface area contributed by atoms with Crippen LogP contribution in [0.2, 0.25) is 0 Å². The molecular formula is C13H13N3O3S. The lowest BCUT2D eigenvalue weighted by Gasteiger charge is -2.12. The molecule has 1 aromatic heterocycles. The number of hydrogen-bond acceptors (Lipinski definition) is 5.